The van der Waals surface area contributed by atoms with Crippen molar-refractivity contribution >= 4 is 22.0 Å². The van der Waals surface area contributed by atoms with Gasteiger partial charge in [-0.1, -0.05) is 31.5 Å². The molecule has 152 valence electrons. The smallest absolute Gasteiger partial charge is 0.337 e. The molecule has 2 amide bonds. The molecule has 1 saturated heterocycles. The van der Waals surface area contributed by atoms with Crippen LogP contribution in [0.25, 0.3) is 0 Å². The highest BCUT2D eigenvalue weighted by Gasteiger charge is 2.37. The molecule has 0 bridgehead atoms. The summed E-state index contributed by atoms with van der Waals surface area (Å²) in [7, 11) is -2.50. The molecular weight excluding hydrogens is 382 g/mol. The Morgan fingerprint density at radius 2 is 1.89 bits per heavy atom. The van der Waals surface area contributed by atoms with E-state index in [4.69, 9.17) is 4.74 Å². The Bertz CT molecular complexity index is 904. The van der Waals surface area contributed by atoms with Crippen LogP contribution in [0.2, 0.25) is 0 Å². The Morgan fingerprint density at radius 1 is 1.21 bits per heavy atom. The van der Waals surface area contributed by atoms with Crippen molar-refractivity contribution in [3.8, 4) is 0 Å². The van der Waals surface area contributed by atoms with Crippen LogP contribution in [0.3, 0.4) is 0 Å². The van der Waals surface area contributed by atoms with Gasteiger partial charge in [0.05, 0.1) is 23.6 Å². The summed E-state index contributed by atoms with van der Waals surface area (Å²) in [6.45, 7) is 2.74. The molecule has 28 heavy (non-hydrogen) atoms. The first kappa shape index (κ1) is 20.3. The number of urea groups is 1. The fourth-order valence-corrected chi connectivity index (χ4v) is 5.43. The number of hydrogen-bond donors (Lipinski definition) is 2. The predicted molar refractivity (Wildman–Crippen MR) is 103 cm³/mol. The number of piperidine rings is 1. The molecule has 2 aliphatic heterocycles. The Labute approximate surface area is 165 Å². The topological polar surface area (TPSA) is 105 Å². The molecule has 8 nitrogen and oxygen atoms in total. The fraction of sp³-hybridized carbons (Fsp3) is 0.474. The number of methoxy groups -OCH3 is 1. The summed E-state index contributed by atoms with van der Waals surface area (Å²) in [5.74, 6) is -0.612. The molecule has 1 aromatic rings. The maximum Gasteiger partial charge on any atom is 0.337 e. The van der Waals surface area contributed by atoms with Crippen molar-refractivity contribution < 1.29 is 22.7 Å². The number of nitrogens with zero attached hydrogens (tertiary/aromatic N) is 1. The highest BCUT2D eigenvalue weighted by Crippen LogP contribution is 2.34. The molecule has 2 N–H and O–H groups in total. The minimum absolute atomic E-state index is 0.0981. The van der Waals surface area contributed by atoms with Crippen LogP contribution in [-0.4, -0.2) is 44.9 Å². The number of amides is 2. The lowest BCUT2D eigenvalue weighted by Gasteiger charge is -2.31. The van der Waals surface area contributed by atoms with Crippen LogP contribution in [0.4, 0.5) is 4.79 Å². The van der Waals surface area contributed by atoms with Gasteiger partial charge in [0.2, 0.25) is 10.0 Å². The molecule has 0 radical (unpaired) electrons. The molecule has 1 aromatic carbocycles. The second kappa shape index (κ2) is 8.32. The summed E-state index contributed by atoms with van der Waals surface area (Å²) < 4.78 is 33.0. The van der Waals surface area contributed by atoms with E-state index in [0.717, 1.165) is 19.3 Å². The van der Waals surface area contributed by atoms with Crippen LogP contribution in [0.5, 0.6) is 0 Å². The van der Waals surface area contributed by atoms with Gasteiger partial charge in [0.1, 0.15) is 0 Å². The monoisotopic (exact) mass is 407 g/mol. The fourth-order valence-electron chi connectivity index (χ4n) is 3.68. The number of carbonyl (C=O) groups excluding carboxylic acids is 2. The van der Waals surface area contributed by atoms with Gasteiger partial charge in [0.15, 0.2) is 0 Å². The predicted octanol–water partition coefficient (Wildman–Crippen LogP) is 2.05. The summed E-state index contributed by atoms with van der Waals surface area (Å²) >= 11 is 0. The second-order valence-corrected chi connectivity index (χ2v) is 8.68. The Kier molecular flexibility index (Phi) is 6.04. The summed E-state index contributed by atoms with van der Waals surface area (Å²) in [5, 5.41) is 5.31. The maximum absolute atomic E-state index is 13.3. The molecule has 0 aromatic heterocycles. The zero-order valence-corrected chi connectivity index (χ0v) is 16.8. The first-order valence-electron chi connectivity index (χ1n) is 9.38. The average Bonchev–Trinajstić information content (AvgIpc) is 2.73. The summed E-state index contributed by atoms with van der Waals surface area (Å²) in [5.41, 5.74) is 0.992. The zero-order valence-electron chi connectivity index (χ0n) is 16.0. The van der Waals surface area contributed by atoms with E-state index in [2.05, 4.69) is 10.6 Å². The van der Waals surface area contributed by atoms with Crippen molar-refractivity contribution in [1.29, 1.82) is 0 Å². The van der Waals surface area contributed by atoms with Crippen molar-refractivity contribution in [2.24, 2.45) is 0 Å². The molecule has 1 atom stereocenters. The Hall–Kier alpha value is -2.39. The van der Waals surface area contributed by atoms with Gasteiger partial charge in [-0.15, -0.1) is 0 Å². The van der Waals surface area contributed by atoms with Crippen molar-refractivity contribution in [2.45, 2.75) is 43.5 Å². The summed E-state index contributed by atoms with van der Waals surface area (Å²) in [4.78, 5) is 24.7. The molecule has 1 fully saturated rings. The molecule has 9 heteroatoms. The molecule has 2 aliphatic rings. The van der Waals surface area contributed by atoms with Crippen molar-refractivity contribution in [3.63, 3.8) is 0 Å². The van der Waals surface area contributed by atoms with E-state index in [9.17, 15) is 18.0 Å². The number of esters is 1. The van der Waals surface area contributed by atoms with Gasteiger partial charge in [-0.05, 0) is 30.9 Å². The van der Waals surface area contributed by atoms with E-state index in [1.54, 1.807) is 25.1 Å². The van der Waals surface area contributed by atoms with Crippen LogP contribution in [0, 0.1) is 0 Å². The van der Waals surface area contributed by atoms with Crippen molar-refractivity contribution in [3.05, 3.63) is 41.1 Å². The minimum Gasteiger partial charge on any atom is -0.466 e. The third-order valence-electron chi connectivity index (χ3n) is 5.08. The van der Waals surface area contributed by atoms with Gasteiger partial charge in [0, 0.05) is 18.8 Å². The summed E-state index contributed by atoms with van der Waals surface area (Å²) in [6, 6.07) is 5.09. The van der Waals surface area contributed by atoms with Crippen LogP contribution in [0.1, 0.15) is 44.2 Å². The molecule has 0 spiro atoms. The highest BCUT2D eigenvalue weighted by atomic mass is 32.2. The molecule has 2 heterocycles. The Morgan fingerprint density at radius 3 is 2.54 bits per heavy atom. The zero-order chi connectivity index (χ0) is 20.3. The number of rotatable bonds is 5. The first-order valence-corrected chi connectivity index (χ1v) is 10.8. The van der Waals surface area contributed by atoms with E-state index in [0.29, 0.717) is 30.8 Å². The summed E-state index contributed by atoms with van der Waals surface area (Å²) in [6.07, 6.45) is 3.04. The van der Waals surface area contributed by atoms with Crippen molar-refractivity contribution in [2.75, 3.05) is 20.2 Å². The van der Waals surface area contributed by atoms with Gasteiger partial charge in [0.25, 0.3) is 0 Å². The van der Waals surface area contributed by atoms with E-state index < -0.39 is 28.1 Å². The van der Waals surface area contributed by atoms with Gasteiger partial charge >= 0.3 is 12.0 Å². The average molecular weight is 407 g/mol. The van der Waals surface area contributed by atoms with Crippen molar-refractivity contribution in [1.82, 2.24) is 14.9 Å². The van der Waals surface area contributed by atoms with E-state index >= 15 is 0 Å². The number of sulfonamides is 1. The first-order chi connectivity index (χ1) is 13.4. The minimum atomic E-state index is -3.75. The lowest BCUT2D eigenvalue weighted by Crippen LogP contribution is -2.46. The lowest BCUT2D eigenvalue weighted by molar-refractivity contribution is -0.136. The number of allylic oxidation sites excluding steroid dienone is 1. The van der Waals surface area contributed by atoms with E-state index in [1.807, 2.05) is 0 Å². The lowest BCUT2D eigenvalue weighted by atomic mass is 9.94. The molecule has 1 unspecified atom stereocenters. The van der Waals surface area contributed by atoms with Gasteiger partial charge < -0.3 is 15.4 Å². The normalized spacial score (nSPS) is 21.1. The highest BCUT2D eigenvalue weighted by molar-refractivity contribution is 7.89. The van der Waals surface area contributed by atoms with Crippen LogP contribution < -0.4 is 10.6 Å². The maximum atomic E-state index is 13.3. The van der Waals surface area contributed by atoms with Crippen LogP contribution >= 0.6 is 0 Å². The van der Waals surface area contributed by atoms with Crippen LogP contribution in [0.15, 0.2) is 40.4 Å². The van der Waals surface area contributed by atoms with Gasteiger partial charge in [-0.25, -0.2) is 18.0 Å². The van der Waals surface area contributed by atoms with Gasteiger partial charge in [-0.2, -0.15) is 4.31 Å². The molecule has 0 saturated carbocycles. The number of nitrogens with one attached hydrogen (secondary N) is 2. The Balaban J connectivity index is 2.13. The molecular formula is C19H25N3O5S. The number of carbonyl (C=O) groups is 2. The number of ether oxygens (including phenoxy) is 1. The molecule has 3 rings (SSSR count). The third-order valence-corrected chi connectivity index (χ3v) is 7.05. The number of benzene rings is 1. The number of hydrogen-bond acceptors (Lipinski definition) is 5. The standard InChI is InChI=1S/C19H25N3O5S/c1-3-14-16(18(23)27-2)17(21-19(24)20-14)13-9-5-6-10-15(13)28(25,26)22-11-7-4-8-12-22/h5-6,9-10,17H,3-4,7-8,11-12H2,1-2H3,(H2,20,21,24). The molecule has 0 aliphatic carbocycles. The third kappa shape index (κ3) is 3.77. The largest absolute Gasteiger partial charge is 0.466 e. The quantitative estimate of drug-likeness (QED) is 0.727. The van der Waals surface area contributed by atoms with Gasteiger partial charge in [-0.3, -0.25) is 0 Å². The van der Waals surface area contributed by atoms with Crippen LogP contribution in [-0.2, 0) is 19.6 Å². The van der Waals surface area contributed by atoms with E-state index in [1.165, 1.54) is 17.5 Å². The second-order valence-electron chi connectivity index (χ2n) is 6.77. The SMILES string of the molecule is CCC1=C(C(=O)OC)C(c2ccccc2S(=O)(=O)N2CCCCC2)NC(=O)N1. The van der Waals surface area contributed by atoms with E-state index in [-0.39, 0.29) is 10.5 Å².